The van der Waals surface area contributed by atoms with Crippen molar-refractivity contribution >= 4 is 29.6 Å². The van der Waals surface area contributed by atoms with Crippen LogP contribution in [0.1, 0.15) is 28.4 Å². The average molecular weight is 376 g/mol. The molecule has 2 aromatic carbocycles. The smallest absolute Gasteiger partial charge is 0.173 e. The van der Waals surface area contributed by atoms with Gasteiger partial charge < -0.3 is 4.90 Å². The number of ketones is 1. The van der Waals surface area contributed by atoms with E-state index in [-0.39, 0.29) is 16.4 Å². The summed E-state index contributed by atoms with van der Waals surface area (Å²) in [4.78, 5) is 19.2. The molecule has 26 heavy (non-hydrogen) atoms. The molecule has 0 saturated carbocycles. The number of hydrogen-bond acceptors (Lipinski definition) is 3. The van der Waals surface area contributed by atoms with Crippen LogP contribution in [-0.4, -0.2) is 36.4 Å². The summed E-state index contributed by atoms with van der Waals surface area (Å²) in [6.07, 6.45) is 1.76. The maximum Gasteiger partial charge on any atom is 0.173 e. The third-order valence-electron chi connectivity index (χ3n) is 3.99. The molecule has 0 bridgehead atoms. The molecule has 0 aliphatic rings. The van der Waals surface area contributed by atoms with E-state index >= 15 is 0 Å². The number of thioether (sulfide) groups is 1. The van der Waals surface area contributed by atoms with E-state index in [2.05, 4.69) is 4.99 Å². The van der Waals surface area contributed by atoms with Gasteiger partial charge in [-0.15, -0.1) is 11.8 Å². The normalized spacial score (nSPS) is 11.2. The number of hydrogen-bond donors (Lipinski definition) is 0. The van der Waals surface area contributed by atoms with Gasteiger partial charge in [0.2, 0.25) is 0 Å². The van der Waals surface area contributed by atoms with E-state index in [1.807, 2.05) is 44.9 Å². The van der Waals surface area contributed by atoms with Crippen LogP contribution in [-0.2, 0) is 0 Å². The minimum absolute atomic E-state index is 0.0873. The first kappa shape index (κ1) is 20.1. The van der Waals surface area contributed by atoms with Crippen molar-refractivity contribution in [3.8, 4) is 0 Å². The minimum atomic E-state index is -0.652. The van der Waals surface area contributed by atoms with Gasteiger partial charge in [-0.3, -0.25) is 4.79 Å². The van der Waals surface area contributed by atoms with E-state index < -0.39 is 11.6 Å². The van der Waals surface area contributed by atoms with Crippen molar-refractivity contribution in [1.29, 1.82) is 0 Å². The van der Waals surface area contributed by atoms with Crippen molar-refractivity contribution in [2.75, 3.05) is 19.3 Å². The molecule has 6 heteroatoms. The summed E-state index contributed by atoms with van der Waals surface area (Å²) in [5.41, 5.74) is 3.14. The maximum atomic E-state index is 13.7. The second-order valence-corrected chi connectivity index (χ2v) is 7.08. The summed E-state index contributed by atoms with van der Waals surface area (Å²) in [7, 11) is 1.94. The lowest BCUT2D eigenvalue weighted by Crippen LogP contribution is -2.14. The Bertz CT molecular complexity index is 837. The van der Waals surface area contributed by atoms with Gasteiger partial charge in [0.15, 0.2) is 5.78 Å². The first-order valence-electron chi connectivity index (χ1n) is 8.28. The zero-order valence-electron chi connectivity index (χ0n) is 15.3. The van der Waals surface area contributed by atoms with Gasteiger partial charge >= 0.3 is 0 Å². The molecule has 0 fully saturated rings. The fourth-order valence-corrected chi connectivity index (χ4v) is 3.10. The highest BCUT2D eigenvalue weighted by Crippen LogP contribution is 2.27. The Morgan fingerprint density at radius 3 is 2.58 bits per heavy atom. The summed E-state index contributed by atoms with van der Waals surface area (Å²) in [6, 6.07) is 7.06. The van der Waals surface area contributed by atoms with Crippen molar-refractivity contribution < 1.29 is 13.6 Å². The largest absolute Gasteiger partial charge is 0.366 e. The summed E-state index contributed by atoms with van der Waals surface area (Å²) >= 11 is 1.07. The minimum Gasteiger partial charge on any atom is -0.366 e. The highest BCUT2D eigenvalue weighted by Gasteiger charge is 2.14. The van der Waals surface area contributed by atoms with Crippen molar-refractivity contribution in [3.05, 3.63) is 58.7 Å². The average Bonchev–Trinajstić information content (AvgIpc) is 2.60. The Morgan fingerprint density at radius 1 is 1.19 bits per heavy atom. The number of halogens is 2. The third kappa shape index (κ3) is 5.14. The van der Waals surface area contributed by atoms with E-state index in [1.165, 1.54) is 12.1 Å². The second-order valence-electron chi connectivity index (χ2n) is 6.06. The van der Waals surface area contributed by atoms with E-state index in [0.29, 0.717) is 5.56 Å². The molecule has 3 nitrogen and oxygen atoms in total. The monoisotopic (exact) mass is 376 g/mol. The van der Waals surface area contributed by atoms with Crippen LogP contribution in [0.5, 0.6) is 0 Å². The van der Waals surface area contributed by atoms with Gasteiger partial charge in [0.1, 0.15) is 11.6 Å². The van der Waals surface area contributed by atoms with Crippen LogP contribution in [0.25, 0.3) is 0 Å². The van der Waals surface area contributed by atoms with Crippen LogP contribution in [0, 0.1) is 25.5 Å². The molecule has 0 aliphatic carbocycles. The van der Waals surface area contributed by atoms with Crippen molar-refractivity contribution in [3.63, 3.8) is 0 Å². The first-order valence-corrected chi connectivity index (χ1v) is 9.27. The topological polar surface area (TPSA) is 32.7 Å². The number of benzene rings is 2. The molecule has 0 unspecified atom stereocenters. The number of carbonyl (C=O) groups excluding carboxylic acids is 1. The molecule has 0 heterocycles. The number of Topliss-reactive ketones (excluding diaryl/α,β-unsaturated/α-hetero) is 1. The SMILES string of the molecule is CCN(C)C=Nc1cc(C)c(C(=O)CSc2ccc(F)cc2F)cc1C. The Labute approximate surface area is 157 Å². The number of rotatable bonds is 7. The number of aryl methyl sites for hydroxylation is 2. The number of carbonyl (C=O) groups is 1. The van der Waals surface area contributed by atoms with Gasteiger partial charge in [0.05, 0.1) is 17.8 Å². The fourth-order valence-electron chi connectivity index (χ4n) is 2.30. The third-order valence-corrected chi connectivity index (χ3v) is 5.04. The molecular weight excluding hydrogens is 354 g/mol. The molecule has 2 rings (SSSR count). The summed E-state index contributed by atoms with van der Waals surface area (Å²) in [5.74, 6) is -1.29. The molecule has 0 amide bonds. The fraction of sp³-hybridized carbons (Fsp3) is 0.300. The molecule has 0 aliphatic heterocycles. The molecule has 0 atom stereocenters. The van der Waals surface area contributed by atoms with Crippen molar-refractivity contribution in [2.45, 2.75) is 25.7 Å². The van der Waals surface area contributed by atoms with Crippen LogP contribution in [0.3, 0.4) is 0 Å². The molecule has 2 aromatic rings. The Hall–Kier alpha value is -2.21. The Balaban J connectivity index is 2.13. The van der Waals surface area contributed by atoms with Gasteiger partial charge in [0, 0.05) is 30.1 Å². The van der Waals surface area contributed by atoms with Gasteiger partial charge in [-0.1, -0.05) is 0 Å². The van der Waals surface area contributed by atoms with E-state index in [4.69, 9.17) is 0 Å². The number of nitrogens with zero attached hydrogens (tertiary/aromatic N) is 2. The van der Waals surface area contributed by atoms with Crippen molar-refractivity contribution in [1.82, 2.24) is 4.90 Å². The standard InChI is InChI=1S/C20H22F2N2OS/c1-5-24(4)12-23-18-9-13(2)16(8-14(18)3)19(25)11-26-20-7-6-15(21)10-17(20)22/h6-10,12H,5,11H2,1-4H3. The van der Waals surface area contributed by atoms with Crippen molar-refractivity contribution in [2.24, 2.45) is 4.99 Å². The second kappa shape index (κ2) is 8.94. The van der Waals surface area contributed by atoms with Gasteiger partial charge in [0.25, 0.3) is 0 Å². The molecular formula is C20H22F2N2OS. The van der Waals surface area contributed by atoms with E-state index in [0.717, 1.165) is 41.2 Å². The van der Waals surface area contributed by atoms with Crippen LogP contribution in [0.4, 0.5) is 14.5 Å². The van der Waals surface area contributed by atoms with E-state index in [9.17, 15) is 13.6 Å². The first-order chi connectivity index (χ1) is 12.3. The van der Waals surface area contributed by atoms with E-state index in [1.54, 1.807) is 6.34 Å². The van der Waals surface area contributed by atoms with Crippen LogP contribution in [0.15, 0.2) is 40.2 Å². The lowest BCUT2D eigenvalue weighted by atomic mass is 10.0. The Kier molecular flexibility index (Phi) is 6.91. The summed E-state index contributed by atoms with van der Waals surface area (Å²) in [6.45, 7) is 6.66. The lowest BCUT2D eigenvalue weighted by Gasteiger charge is -2.11. The van der Waals surface area contributed by atoms with Crippen LogP contribution >= 0.6 is 11.8 Å². The van der Waals surface area contributed by atoms with Gasteiger partial charge in [-0.05, 0) is 56.2 Å². The molecule has 0 N–H and O–H groups in total. The number of aliphatic imine (C=N–C) groups is 1. The van der Waals surface area contributed by atoms with Crippen LogP contribution in [0.2, 0.25) is 0 Å². The predicted molar refractivity (Wildman–Crippen MR) is 104 cm³/mol. The predicted octanol–water partition coefficient (Wildman–Crippen LogP) is 5.17. The highest BCUT2D eigenvalue weighted by atomic mass is 32.2. The summed E-state index contributed by atoms with van der Waals surface area (Å²) < 4.78 is 26.6. The molecule has 138 valence electrons. The van der Waals surface area contributed by atoms with Gasteiger partial charge in [-0.25, -0.2) is 13.8 Å². The maximum absolute atomic E-state index is 13.7. The quantitative estimate of drug-likeness (QED) is 0.289. The molecule has 0 spiro atoms. The molecule has 0 aromatic heterocycles. The zero-order valence-corrected chi connectivity index (χ0v) is 16.2. The molecule has 0 radical (unpaired) electrons. The zero-order chi connectivity index (χ0) is 19.3. The van der Waals surface area contributed by atoms with Gasteiger partial charge in [-0.2, -0.15) is 0 Å². The summed E-state index contributed by atoms with van der Waals surface area (Å²) in [5, 5.41) is 0. The van der Waals surface area contributed by atoms with Crippen LogP contribution < -0.4 is 0 Å². The molecule has 0 saturated heterocycles. The highest BCUT2D eigenvalue weighted by molar-refractivity contribution is 8.00. The lowest BCUT2D eigenvalue weighted by molar-refractivity contribution is 0.102. The Morgan fingerprint density at radius 2 is 1.92 bits per heavy atom.